The number of carbonyl (C=O) groups is 2. The lowest BCUT2D eigenvalue weighted by atomic mass is 9.91. The van der Waals surface area contributed by atoms with Crippen LogP contribution < -0.4 is 4.90 Å². The molecule has 1 atom stereocenters. The maximum Gasteiger partial charge on any atom is 0.251 e. The Morgan fingerprint density at radius 2 is 1.36 bits per heavy atom. The summed E-state index contributed by atoms with van der Waals surface area (Å²) in [5.74, 6) is 0.0279. The van der Waals surface area contributed by atoms with E-state index in [1.165, 1.54) is 37.9 Å². The predicted molar refractivity (Wildman–Crippen MR) is 157 cm³/mol. The number of anilines is 1. The smallest absolute Gasteiger partial charge is 0.251 e. The number of fused-ring (bicyclic) bond motifs is 2. The van der Waals surface area contributed by atoms with Crippen molar-refractivity contribution in [2.75, 3.05) is 31.1 Å². The Balaban J connectivity index is 1.11. The van der Waals surface area contributed by atoms with Gasteiger partial charge in [-0.2, -0.15) is 0 Å². The molecule has 5 nitrogen and oxygen atoms in total. The molecule has 2 fully saturated rings. The lowest BCUT2D eigenvalue weighted by molar-refractivity contribution is -0.146. The Labute approximate surface area is 226 Å². The molecule has 2 amide bonds. The van der Waals surface area contributed by atoms with Gasteiger partial charge in [-0.15, -0.1) is 0 Å². The number of nitrogens with zero attached hydrogens (tertiary/aromatic N) is 3. The minimum Gasteiger partial charge on any atom is -0.326 e. The van der Waals surface area contributed by atoms with E-state index in [-0.39, 0.29) is 18.4 Å². The zero-order chi connectivity index (χ0) is 26.1. The van der Waals surface area contributed by atoms with Crippen LogP contribution in [-0.2, 0) is 16.1 Å². The minimum absolute atomic E-state index is 0.00460. The van der Waals surface area contributed by atoms with E-state index in [1.807, 2.05) is 36.4 Å². The van der Waals surface area contributed by atoms with Crippen molar-refractivity contribution in [3.8, 4) is 0 Å². The van der Waals surface area contributed by atoms with Crippen LogP contribution in [-0.4, -0.2) is 53.8 Å². The summed E-state index contributed by atoms with van der Waals surface area (Å²) < 4.78 is 0. The van der Waals surface area contributed by atoms with E-state index in [1.54, 1.807) is 9.80 Å². The van der Waals surface area contributed by atoms with Gasteiger partial charge < -0.3 is 9.80 Å². The second-order valence-corrected chi connectivity index (χ2v) is 10.9. The summed E-state index contributed by atoms with van der Waals surface area (Å²) in [6, 6.07) is 33.4. The summed E-state index contributed by atoms with van der Waals surface area (Å²) in [5.41, 5.74) is 2.05. The summed E-state index contributed by atoms with van der Waals surface area (Å²) >= 11 is 0. The summed E-state index contributed by atoms with van der Waals surface area (Å²) in [5, 5.41) is 9.86. The third-order valence-electron chi connectivity index (χ3n) is 8.69. The van der Waals surface area contributed by atoms with Crippen LogP contribution in [0.4, 0.5) is 5.69 Å². The van der Waals surface area contributed by atoms with Gasteiger partial charge in [-0.25, -0.2) is 0 Å². The van der Waals surface area contributed by atoms with Crippen molar-refractivity contribution in [3.63, 3.8) is 0 Å². The first-order chi connectivity index (χ1) is 19.1. The van der Waals surface area contributed by atoms with E-state index in [0.717, 1.165) is 29.5 Å². The standard InChI is InChI=1S/C34H27N3O2/c38-31-21-37(28-14-12-22-4-1-2-5-26(22)18-28)34(39)30-20-35(16-17-36(30)31)19-27-11-10-25-9-8-23-6-3-7-24-13-15-29(27)33(25)32(23)24/h1-15,18,30H,16-17,19-21H2. The van der Waals surface area contributed by atoms with Crippen LogP contribution in [0, 0.1) is 0 Å². The molecule has 6 aromatic rings. The number of rotatable bonds is 3. The normalized spacial score (nSPS) is 18.6. The molecule has 2 saturated heterocycles. The average Bonchev–Trinajstić information content (AvgIpc) is 2.98. The van der Waals surface area contributed by atoms with Gasteiger partial charge in [0, 0.05) is 31.9 Å². The highest BCUT2D eigenvalue weighted by molar-refractivity contribution is 6.23. The summed E-state index contributed by atoms with van der Waals surface area (Å²) in [6.07, 6.45) is 0. The van der Waals surface area contributed by atoms with Crippen LogP contribution in [0.2, 0.25) is 0 Å². The summed E-state index contributed by atoms with van der Waals surface area (Å²) in [6.45, 7) is 2.72. The summed E-state index contributed by atoms with van der Waals surface area (Å²) in [7, 11) is 0. The molecular formula is C34H27N3O2. The average molecular weight is 510 g/mol. The van der Waals surface area contributed by atoms with Gasteiger partial charge >= 0.3 is 0 Å². The number of benzene rings is 6. The van der Waals surface area contributed by atoms with Crippen molar-refractivity contribution in [1.29, 1.82) is 0 Å². The van der Waals surface area contributed by atoms with Crippen LogP contribution in [0.5, 0.6) is 0 Å². The maximum absolute atomic E-state index is 13.8. The lowest BCUT2D eigenvalue weighted by Crippen LogP contribution is -2.66. The number of hydrogen-bond acceptors (Lipinski definition) is 3. The number of carbonyl (C=O) groups excluding carboxylic acids is 2. The Bertz CT molecular complexity index is 1910. The van der Waals surface area contributed by atoms with Crippen LogP contribution in [0.3, 0.4) is 0 Å². The molecule has 2 aliphatic rings. The molecule has 1 unspecified atom stereocenters. The molecule has 0 aliphatic carbocycles. The van der Waals surface area contributed by atoms with E-state index in [9.17, 15) is 9.59 Å². The Morgan fingerprint density at radius 1 is 0.667 bits per heavy atom. The number of amides is 2. The molecule has 39 heavy (non-hydrogen) atoms. The number of piperazine rings is 2. The predicted octanol–water partition coefficient (Wildman–Crippen LogP) is 5.80. The topological polar surface area (TPSA) is 43.9 Å². The fourth-order valence-corrected chi connectivity index (χ4v) is 6.71. The third kappa shape index (κ3) is 3.50. The Kier molecular flexibility index (Phi) is 4.91. The highest BCUT2D eigenvalue weighted by atomic mass is 16.2. The first-order valence-electron chi connectivity index (χ1n) is 13.6. The largest absolute Gasteiger partial charge is 0.326 e. The highest BCUT2D eigenvalue weighted by Crippen LogP contribution is 2.36. The van der Waals surface area contributed by atoms with Crippen molar-refractivity contribution < 1.29 is 9.59 Å². The highest BCUT2D eigenvalue weighted by Gasteiger charge is 2.43. The zero-order valence-corrected chi connectivity index (χ0v) is 21.5. The fraction of sp³-hybridized carbons (Fsp3) is 0.176. The van der Waals surface area contributed by atoms with E-state index in [0.29, 0.717) is 13.1 Å². The van der Waals surface area contributed by atoms with Gasteiger partial charge in [-0.3, -0.25) is 14.5 Å². The molecule has 0 radical (unpaired) electrons. The fourth-order valence-electron chi connectivity index (χ4n) is 6.71. The molecule has 8 rings (SSSR count). The van der Waals surface area contributed by atoms with Gasteiger partial charge in [0.1, 0.15) is 12.6 Å². The van der Waals surface area contributed by atoms with Gasteiger partial charge in [-0.1, -0.05) is 84.9 Å². The first-order valence-corrected chi connectivity index (χ1v) is 13.6. The SMILES string of the molecule is O=C1C2CN(Cc3ccc4ccc5cccc6ccc3c4c56)CCN2C(=O)CN1c1ccc2ccccc2c1. The lowest BCUT2D eigenvalue weighted by Gasteiger charge is -2.46. The molecular weight excluding hydrogens is 482 g/mol. The third-order valence-corrected chi connectivity index (χ3v) is 8.69. The van der Waals surface area contributed by atoms with Gasteiger partial charge in [0.05, 0.1) is 0 Å². The minimum atomic E-state index is -0.466. The molecule has 5 heteroatoms. The maximum atomic E-state index is 13.8. The molecule has 2 aliphatic heterocycles. The molecule has 0 N–H and O–H groups in total. The molecule has 0 bridgehead atoms. The van der Waals surface area contributed by atoms with E-state index in [4.69, 9.17) is 0 Å². The second kappa shape index (κ2) is 8.52. The van der Waals surface area contributed by atoms with Crippen molar-refractivity contribution in [3.05, 3.63) is 103 Å². The van der Waals surface area contributed by atoms with Gasteiger partial charge in [0.2, 0.25) is 5.91 Å². The van der Waals surface area contributed by atoms with Crippen molar-refractivity contribution in [2.45, 2.75) is 12.6 Å². The Morgan fingerprint density at radius 3 is 2.21 bits per heavy atom. The van der Waals surface area contributed by atoms with Gasteiger partial charge in [0.15, 0.2) is 0 Å². The van der Waals surface area contributed by atoms with E-state index >= 15 is 0 Å². The van der Waals surface area contributed by atoms with Gasteiger partial charge in [-0.05, 0) is 60.8 Å². The zero-order valence-electron chi connectivity index (χ0n) is 21.5. The second-order valence-electron chi connectivity index (χ2n) is 10.9. The van der Waals surface area contributed by atoms with Crippen LogP contribution in [0.1, 0.15) is 5.56 Å². The molecule has 0 spiro atoms. The quantitative estimate of drug-likeness (QED) is 0.284. The first kappa shape index (κ1) is 22.5. The molecule has 190 valence electrons. The van der Waals surface area contributed by atoms with Crippen molar-refractivity contribution >= 4 is 60.6 Å². The van der Waals surface area contributed by atoms with Crippen molar-refractivity contribution in [1.82, 2.24) is 9.80 Å². The number of hydrogen-bond donors (Lipinski definition) is 0. The molecule has 0 aromatic heterocycles. The van der Waals surface area contributed by atoms with Crippen LogP contribution >= 0.6 is 0 Å². The van der Waals surface area contributed by atoms with Gasteiger partial charge in [0.25, 0.3) is 5.91 Å². The summed E-state index contributed by atoms with van der Waals surface area (Å²) in [4.78, 5) is 32.8. The molecule has 6 aromatic carbocycles. The monoisotopic (exact) mass is 509 g/mol. The Hall–Kier alpha value is -4.48. The van der Waals surface area contributed by atoms with Crippen molar-refractivity contribution in [2.24, 2.45) is 0 Å². The molecule has 2 heterocycles. The van der Waals surface area contributed by atoms with E-state index < -0.39 is 6.04 Å². The van der Waals surface area contributed by atoms with Crippen LogP contribution in [0.15, 0.2) is 97.1 Å². The molecule has 0 saturated carbocycles. The van der Waals surface area contributed by atoms with Crippen LogP contribution in [0.25, 0.3) is 43.1 Å². The van der Waals surface area contributed by atoms with E-state index in [2.05, 4.69) is 65.6 Å².